The van der Waals surface area contributed by atoms with E-state index >= 15 is 0 Å². The molecular weight excluding hydrogens is 434 g/mol. The lowest BCUT2D eigenvalue weighted by Crippen LogP contribution is -2.23. The lowest BCUT2D eigenvalue weighted by Gasteiger charge is -2.21. The summed E-state index contributed by atoms with van der Waals surface area (Å²) in [6.07, 6.45) is 6.40. The average molecular weight is 458 g/mol. The van der Waals surface area contributed by atoms with Crippen molar-refractivity contribution >= 4 is 33.1 Å². The molecule has 4 heterocycles. The monoisotopic (exact) mass is 457 g/mol. The van der Waals surface area contributed by atoms with Gasteiger partial charge >= 0.3 is 0 Å². The number of benzene rings is 1. The second-order valence-electron chi connectivity index (χ2n) is 7.37. The summed E-state index contributed by atoms with van der Waals surface area (Å²) >= 11 is 0. The molecule has 0 radical (unpaired) electrons. The molecule has 0 bridgehead atoms. The number of pyridine rings is 1. The Kier molecular flexibility index (Phi) is 6.15. The molecule has 1 N–H and O–H groups in total. The maximum absolute atomic E-state index is 13.5. The zero-order valence-electron chi connectivity index (χ0n) is 17.5. The Hall–Kier alpha value is -3.37. The standard InChI is InChI=1S/C21H21N3O4S.CH2O2/c1-23-9-6-15(7-10-23)17-14-24(18-3-2-8-22-21(17)18)29(25,26)16-4-5-19-20(13-16)28-12-11-27-19;2-1-3/h2-6,8,13-14H,7,9-12H2,1H3;1H,(H,2,3). The molecule has 1 aromatic carbocycles. The normalized spacial score (nSPS) is 16.1. The topological polar surface area (TPSA) is 111 Å². The summed E-state index contributed by atoms with van der Waals surface area (Å²) in [5.74, 6) is 1.01. The summed E-state index contributed by atoms with van der Waals surface area (Å²) in [5, 5.41) is 6.89. The quantitative estimate of drug-likeness (QED) is 0.597. The van der Waals surface area contributed by atoms with Gasteiger partial charge in [-0.1, -0.05) is 6.08 Å². The van der Waals surface area contributed by atoms with Gasteiger partial charge in [-0.15, -0.1) is 0 Å². The molecule has 0 saturated heterocycles. The Balaban J connectivity index is 0.000000775. The number of rotatable bonds is 3. The third kappa shape index (κ3) is 4.06. The third-order valence-electron chi connectivity index (χ3n) is 5.35. The Labute approximate surface area is 185 Å². The van der Waals surface area contributed by atoms with Crippen LogP contribution in [0.15, 0.2) is 53.7 Å². The van der Waals surface area contributed by atoms with Gasteiger partial charge in [0.25, 0.3) is 16.5 Å². The molecule has 168 valence electrons. The fourth-order valence-corrected chi connectivity index (χ4v) is 5.15. The highest BCUT2D eigenvalue weighted by Crippen LogP contribution is 2.35. The lowest BCUT2D eigenvalue weighted by atomic mass is 10.0. The lowest BCUT2D eigenvalue weighted by molar-refractivity contribution is -0.122. The SMILES string of the molecule is CN1CC=C(c2cn(S(=O)(=O)c3ccc4c(c3)OCCO4)c3cccnc23)CC1.O=CO. The van der Waals surface area contributed by atoms with Crippen LogP contribution in [0.3, 0.4) is 0 Å². The van der Waals surface area contributed by atoms with Crippen molar-refractivity contribution in [3.8, 4) is 11.5 Å². The van der Waals surface area contributed by atoms with Crippen LogP contribution in [0.4, 0.5) is 0 Å². The van der Waals surface area contributed by atoms with E-state index in [1.807, 2.05) is 0 Å². The number of carboxylic acid groups (broad SMARTS) is 1. The molecule has 2 aliphatic rings. The fraction of sp³-hybridized carbons (Fsp3) is 0.273. The zero-order valence-corrected chi connectivity index (χ0v) is 18.3. The van der Waals surface area contributed by atoms with Gasteiger partial charge in [0.15, 0.2) is 11.5 Å². The number of ether oxygens (including phenoxy) is 2. The summed E-state index contributed by atoms with van der Waals surface area (Å²) in [5.41, 5.74) is 3.26. The van der Waals surface area contributed by atoms with Crippen LogP contribution in [0, 0.1) is 0 Å². The van der Waals surface area contributed by atoms with E-state index in [0.717, 1.165) is 30.6 Å². The maximum Gasteiger partial charge on any atom is 0.290 e. The predicted molar refractivity (Wildman–Crippen MR) is 119 cm³/mol. The average Bonchev–Trinajstić information content (AvgIpc) is 3.20. The van der Waals surface area contributed by atoms with Crippen LogP contribution >= 0.6 is 0 Å². The van der Waals surface area contributed by atoms with E-state index in [1.165, 1.54) is 10.0 Å². The van der Waals surface area contributed by atoms with Gasteiger partial charge in [0, 0.05) is 37.1 Å². The summed E-state index contributed by atoms with van der Waals surface area (Å²) in [4.78, 5) is 15.2. The first-order valence-electron chi connectivity index (χ1n) is 10.0. The summed E-state index contributed by atoms with van der Waals surface area (Å²) in [6.45, 7) is 2.38. The van der Waals surface area contributed by atoms with Gasteiger partial charge in [-0.25, -0.2) is 12.4 Å². The third-order valence-corrected chi connectivity index (χ3v) is 7.02. The molecule has 5 rings (SSSR count). The van der Waals surface area contributed by atoms with Crippen molar-refractivity contribution in [1.82, 2.24) is 13.9 Å². The van der Waals surface area contributed by atoms with Gasteiger partial charge in [0.05, 0.1) is 15.9 Å². The van der Waals surface area contributed by atoms with Gasteiger partial charge in [-0.05, 0) is 43.3 Å². The first kappa shape index (κ1) is 21.8. The molecule has 0 fully saturated rings. The van der Waals surface area contributed by atoms with Crippen LogP contribution in [0.25, 0.3) is 16.6 Å². The van der Waals surface area contributed by atoms with E-state index in [2.05, 4.69) is 23.0 Å². The molecular formula is C22H23N3O6S. The van der Waals surface area contributed by atoms with Crippen molar-refractivity contribution in [1.29, 1.82) is 0 Å². The molecule has 0 atom stereocenters. The smallest absolute Gasteiger partial charge is 0.290 e. The molecule has 0 unspecified atom stereocenters. The van der Waals surface area contributed by atoms with Crippen molar-refractivity contribution in [2.75, 3.05) is 33.4 Å². The van der Waals surface area contributed by atoms with E-state index < -0.39 is 10.0 Å². The first-order valence-corrected chi connectivity index (χ1v) is 11.5. The molecule has 0 saturated carbocycles. The van der Waals surface area contributed by atoms with Gasteiger partial charge < -0.3 is 19.5 Å². The number of aromatic nitrogens is 2. The fourth-order valence-electron chi connectivity index (χ4n) is 3.78. The second-order valence-corrected chi connectivity index (χ2v) is 9.18. The van der Waals surface area contributed by atoms with Crippen molar-refractivity contribution in [3.63, 3.8) is 0 Å². The molecule has 10 heteroatoms. The number of hydrogen-bond acceptors (Lipinski definition) is 7. The van der Waals surface area contributed by atoms with Crippen LogP contribution in [0.2, 0.25) is 0 Å². The van der Waals surface area contributed by atoms with Crippen molar-refractivity contribution < 1.29 is 27.8 Å². The first-order chi connectivity index (χ1) is 15.5. The van der Waals surface area contributed by atoms with Crippen LogP contribution in [-0.4, -0.2) is 67.2 Å². The molecule has 2 aliphatic heterocycles. The number of hydrogen-bond donors (Lipinski definition) is 1. The highest BCUT2D eigenvalue weighted by molar-refractivity contribution is 7.90. The summed E-state index contributed by atoms with van der Waals surface area (Å²) in [6, 6.07) is 8.27. The van der Waals surface area contributed by atoms with Crippen molar-refractivity contribution in [3.05, 3.63) is 54.4 Å². The van der Waals surface area contributed by atoms with E-state index in [4.69, 9.17) is 19.4 Å². The molecule has 3 aromatic rings. The van der Waals surface area contributed by atoms with Gasteiger partial charge in [0.1, 0.15) is 13.2 Å². The highest BCUT2D eigenvalue weighted by atomic mass is 32.2. The Morgan fingerprint density at radius 3 is 2.62 bits per heavy atom. The number of nitrogens with zero attached hydrogens (tertiary/aromatic N) is 3. The van der Waals surface area contributed by atoms with E-state index in [1.54, 1.807) is 36.7 Å². The molecule has 0 spiro atoms. The van der Waals surface area contributed by atoms with Gasteiger partial charge in [-0.3, -0.25) is 9.78 Å². The van der Waals surface area contributed by atoms with Crippen molar-refractivity contribution in [2.45, 2.75) is 11.3 Å². The number of likely N-dealkylation sites (N-methyl/N-ethyl adjacent to an activating group) is 1. The van der Waals surface area contributed by atoms with Gasteiger partial charge in [-0.2, -0.15) is 0 Å². The molecule has 32 heavy (non-hydrogen) atoms. The number of carbonyl (C=O) groups is 1. The van der Waals surface area contributed by atoms with Crippen molar-refractivity contribution in [2.24, 2.45) is 0 Å². The van der Waals surface area contributed by atoms with Crippen LogP contribution in [-0.2, 0) is 14.8 Å². The Morgan fingerprint density at radius 1 is 1.16 bits per heavy atom. The van der Waals surface area contributed by atoms with Crippen LogP contribution < -0.4 is 9.47 Å². The largest absolute Gasteiger partial charge is 0.486 e. The summed E-state index contributed by atoms with van der Waals surface area (Å²) < 4.78 is 39.4. The minimum absolute atomic E-state index is 0.159. The minimum atomic E-state index is -3.82. The van der Waals surface area contributed by atoms with Crippen LogP contribution in [0.5, 0.6) is 11.5 Å². The van der Waals surface area contributed by atoms with E-state index in [-0.39, 0.29) is 11.4 Å². The highest BCUT2D eigenvalue weighted by Gasteiger charge is 2.25. The zero-order chi connectivity index (χ0) is 22.7. The maximum atomic E-state index is 13.5. The predicted octanol–water partition coefficient (Wildman–Crippen LogP) is 2.46. The number of fused-ring (bicyclic) bond motifs is 2. The minimum Gasteiger partial charge on any atom is -0.486 e. The molecule has 0 aliphatic carbocycles. The Bertz CT molecular complexity index is 1280. The van der Waals surface area contributed by atoms with E-state index in [9.17, 15) is 8.42 Å². The van der Waals surface area contributed by atoms with E-state index in [0.29, 0.717) is 35.7 Å². The molecule has 2 aromatic heterocycles. The molecule has 0 amide bonds. The molecule has 9 nitrogen and oxygen atoms in total. The summed E-state index contributed by atoms with van der Waals surface area (Å²) in [7, 11) is -1.75. The van der Waals surface area contributed by atoms with Crippen LogP contribution in [0.1, 0.15) is 12.0 Å². The van der Waals surface area contributed by atoms with Gasteiger partial charge in [0.2, 0.25) is 0 Å². The second kappa shape index (κ2) is 9.01. The Morgan fingerprint density at radius 2 is 1.91 bits per heavy atom.